The molecule has 4 nitrogen and oxygen atoms in total. The zero-order chi connectivity index (χ0) is 14.8. The third-order valence-corrected chi connectivity index (χ3v) is 6.14. The maximum Gasteiger partial charge on any atom is 0.223 e. The van der Waals surface area contributed by atoms with Crippen LogP contribution in [0, 0.1) is 16.7 Å². The maximum absolute atomic E-state index is 12.4. The number of rotatable bonds is 7. The summed E-state index contributed by atoms with van der Waals surface area (Å²) in [6.07, 6.45) is 8.38. The van der Waals surface area contributed by atoms with Gasteiger partial charge in [0.2, 0.25) is 5.91 Å². The van der Waals surface area contributed by atoms with Crippen molar-refractivity contribution >= 4 is 5.91 Å². The van der Waals surface area contributed by atoms with Crippen molar-refractivity contribution in [3.63, 3.8) is 0 Å². The summed E-state index contributed by atoms with van der Waals surface area (Å²) >= 11 is 0. The first kappa shape index (κ1) is 15.3. The Labute approximate surface area is 128 Å². The highest BCUT2D eigenvalue weighted by Gasteiger charge is 2.57. The molecule has 1 atom stereocenters. The van der Waals surface area contributed by atoms with Gasteiger partial charge in [0, 0.05) is 25.7 Å². The smallest absolute Gasteiger partial charge is 0.223 e. The molecule has 120 valence electrons. The molecule has 1 heterocycles. The predicted molar refractivity (Wildman–Crippen MR) is 83.0 cm³/mol. The SMILES string of the molecule is CCOCCC1(CNC(=O)C2CC23CCNCC3)CCC1. The normalized spacial score (nSPS) is 28.9. The monoisotopic (exact) mass is 294 g/mol. The summed E-state index contributed by atoms with van der Waals surface area (Å²) < 4.78 is 5.50. The number of hydrogen-bond acceptors (Lipinski definition) is 3. The van der Waals surface area contributed by atoms with Crippen molar-refractivity contribution in [1.82, 2.24) is 10.6 Å². The minimum absolute atomic E-state index is 0.295. The van der Waals surface area contributed by atoms with Gasteiger partial charge in [-0.15, -0.1) is 0 Å². The van der Waals surface area contributed by atoms with Crippen LogP contribution in [0.4, 0.5) is 0 Å². The van der Waals surface area contributed by atoms with Crippen LogP contribution >= 0.6 is 0 Å². The van der Waals surface area contributed by atoms with Crippen LogP contribution in [0.5, 0.6) is 0 Å². The summed E-state index contributed by atoms with van der Waals surface area (Å²) in [6, 6.07) is 0. The molecule has 1 amide bonds. The van der Waals surface area contributed by atoms with Crippen LogP contribution in [0.25, 0.3) is 0 Å². The molecule has 1 aliphatic heterocycles. The van der Waals surface area contributed by atoms with Crippen LogP contribution in [0.3, 0.4) is 0 Å². The van der Waals surface area contributed by atoms with E-state index in [1.165, 1.54) is 32.1 Å². The molecule has 2 aliphatic carbocycles. The van der Waals surface area contributed by atoms with Gasteiger partial charge in [-0.1, -0.05) is 6.42 Å². The molecule has 1 saturated heterocycles. The van der Waals surface area contributed by atoms with Crippen LogP contribution in [0.2, 0.25) is 0 Å². The molecule has 1 unspecified atom stereocenters. The van der Waals surface area contributed by atoms with Gasteiger partial charge in [-0.25, -0.2) is 0 Å². The first-order valence-corrected chi connectivity index (χ1v) is 8.76. The van der Waals surface area contributed by atoms with Gasteiger partial charge in [-0.3, -0.25) is 4.79 Å². The molecule has 3 rings (SSSR count). The van der Waals surface area contributed by atoms with Crippen molar-refractivity contribution in [1.29, 1.82) is 0 Å². The van der Waals surface area contributed by atoms with E-state index in [0.29, 0.717) is 22.7 Å². The molecule has 4 heteroatoms. The third kappa shape index (κ3) is 3.26. The Balaban J connectivity index is 1.43. The zero-order valence-electron chi connectivity index (χ0n) is 13.4. The van der Waals surface area contributed by atoms with E-state index in [9.17, 15) is 4.79 Å². The van der Waals surface area contributed by atoms with Crippen molar-refractivity contribution in [3.8, 4) is 0 Å². The van der Waals surface area contributed by atoms with E-state index in [0.717, 1.165) is 45.7 Å². The topological polar surface area (TPSA) is 50.4 Å². The fourth-order valence-electron chi connectivity index (χ4n) is 4.22. The van der Waals surface area contributed by atoms with E-state index < -0.39 is 0 Å². The van der Waals surface area contributed by atoms with Crippen LogP contribution in [0.15, 0.2) is 0 Å². The van der Waals surface area contributed by atoms with E-state index in [1.807, 2.05) is 6.92 Å². The number of nitrogens with one attached hydrogen (secondary N) is 2. The Morgan fingerprint density at radius 1 is 1.29 bits per heavy atom. The highest BCUT2D eigenvalue weighted by atomic mass is 16.5. The van der Waals surface area contributed by atoms with E-state index in [1.54, 1.807) is 0 Å². The molecule has 3 aliphatic rings. The Morgan fingerprint density at radius 2 is 2.05 bits per heavy atom. The van der Waals surface area contributed by atoms with Crippen molar-refractivity contribution in [3.05, 3.63) is 0 Å². The minimum atomic E-state index is 0.295. The van der Waals surface area contributed by atoms with Crippen LogP contribution in [0.1, 0.15) is 51.9 Å². The fraction of sp³-hybridized carbons (Fsp3) is 0.941. The van der Waals surface area contributed by atoms with Crippen molar-refractivity contribution < 1.29 is 9.53 Å². The maximum atomic E-state index is 12.4. The molecule has 1 spiro atoms. The Bertz CT molecular complexity index is 373. The molecular formula is C17H30N2O2. The second-order valence-corrected chi connectivity index (χ2v) is 7.39. The molecule has 0 aromatic heterocycles. The van der Waals surface area contributed by atoms with Gasteiger partial charge < -0.3 is 15.4 Å². The van der Waals surface area contributed by atoms with Gasteiger partial charge >= 0.3 is 0 Å². The predicted octanol–water partition coefficient (Wildman–Crippen LogP) is 2.09. The average Bonchev–Trinajstić information content (AvgIpc) is 3.15. The highest BCUT2D eigenvalue weighted by molar-refractivity contribution is 5.82. The second kappa shape index (κ2) is 6.25. The van der Waals surface area contributed by atoms with Gasteiger partial charge in [0.05, 0.1) is 0 Å². The minimum Gasteiger partial charge on any atom is -0.382 e. The standard InChI is InChI=1S/C17H30N2O2/c1-2-21-11-8-16(4-3-5-16)13-19-15(20)14-12-17(14)6-9-18-10-7-17/h14,18H,2-13H2,1H3,(H,19,20). The number of hydrogen-bond donors (Lipinski definition) is 2. The molecular weight excluding hydrogens is 264 g/mol. The number of carbonyl (C=O) groups excluding carboxylic acids is 1. The van der Waals surface area contributed by atoms with Crippen LogP contribution in [-0.4, -0.2) is 38.8 Å². The third-order valence-electron chi connectivity index (χ3n) is 6.14. The highest BCUT2D eigenvalue weighted by Crippen LogP contribution is 2.58. The first-order chi connectivity index (χ1) is 10.2. The molecule has 0 aromatic rings. The lowest BCUT2D eigenvalue weighted by atomic mass is 9.66. The Hall–Kier alpha value is -0.610. The molecule has 0 aromatic carbocycles. The van der Waals surface area contributed by atoms with Gasteiger partial charge in [0.25, 0.3) is 0 Å². The Kier molecular flexibility index (Phi) is 4.55. The molecule has 3 fully saturated rings. The lowest BCUT2D eigenvalue weighted by Crippen LogP contribution is -2.44. The summed E-state index contributed by atoms with van der Waals surface area (Å²) in [6.45, 7) is 6.71. The molecule has 0 radical (unpaired) electrons. The largest absolute Gasteiger partial charge is 0.382 e. The van der Waals surface area contributed by atoms with Gasteiger partial charge in [0.15, 0.2) is 0 Å². The summed E-state index contributed by atoms with van der Waals surface area (Å²) in [4.78, 5) is 12.4. The fourth-order valence-corrected chi connectivity index (χ4v) is 4.22. The summed E-state index contributed by atoms with van der Waals surface area (Å²) in [5.74, 6) is 0.614. The van der Waals surface area contributed by atoms with E-state index >= 15 is 0 Å². The van der Waals surface area contributed by atoms with Gasteiger partial charge in [-0.05, 0) is 69.4 Å². The number of piperidine rings is 1. The number of ether oxygens (including phenoxy) is 1. The van der Waals surface area contributed by atoms with Crippen molar-refractivity contribution in [2.24, 2.45) is 16.7 Å². The van der Waals surface area contributed by atoms with Crippen molar-refractivity contribution in [2.45, 2.75) is 51.9 Å². The summed E-state index contributed by atoms with van der Waals surface area (Å²) in [5.41, 5.74) is 0.689. The van der Waals surface area contributed by atoms with E-state index in [2.05, 4.69) is 10.6 Å². The van der Waals surface area contributed by atoms with Gasteiger partial charge in [-0.2, -0.15) is 0 Å². The molecule has 2 saturated carbocycles. The average molecular weight is 294 g/mol. The lowest BCUT2D eigenvalue weighted by Gasteiger charge is -2.42. The number of carbonyl (C=O) groups is 1. The molecule has 21 heavy (non-hydrogen) atoms. The zero-order valence-corrected chi connectivity index (χ0v) is 13.4. The van der Waals surface area contributed by atoms with E-state index in [4.69, 9.17) is 4.74 Å². The summed E-state index contributed by atoms with van der Waals surface area (Å²) in [5, 5.41) is 6.67. The van der Waals surface area contributed by atoms with Crippen molar-refractivity contribution in [2.75, 3.05) is 32.8 Å². The second-order valence-electron chi connectivity index (χ2n) is 7.39. The van der Waals surface area contributed by atoms with E-state index in [-0.39, 0.29) is 0 Å². The number of amides is 1. The quantitative estimate of drug-likeness (QED) is 0.707. The Morgan fingerprint density at radius 3 is 2.67 bits per heavy atom. The first-order valence-electron chi connectivity index (χ1n) is 8.76. The molecule has 2 N–H and O–H groups in total. The van der Waals surface area contributed by atoms with Crippen LogP contribution < -0.4 is 10.6 Å². The lowest BCUT2D eigenvalue weighted by molar-refractivity contribution is -0.124. The molecule has 0 bridgehead atoms. The van der Waals surface area contributed by atoms with Crippen LogP contribution in [-0.2, 0) is 9.53 Å². The van der Waals surface area contributed by atoms with Gasteiger partial charge in [0.1, 0.15) is 0 Å². The summed E-state index contributed by atoms with van der Waals surface area (Å²) in [7, 11) is 0.